The van der Waals surface area contributed by atoms with Crippen LogP contribution in [0.2, 0.25) is 0 Å². The molecule has 1 aliphatic carbocycles. The fourth-order valence-electron chi connectivity index (χ4n) is 2.09. The van der Waals surface area contributed by atoms with E-state index in [4.69, 9.17) is 0 Å². The minimum Gasteiger partial charge on any atom is -0.340 e. The number of hydrogen-bond acceptors (Lipinski definition) is 4. The van der Waals surface area contributed by atoms with Gasteiger partial charge in [-0.25, -0.2) is 4.79 Å². The first-order valence-corrected chi connectivity index (χ1v) is 6.10. The molecule has 0 aliphatic heterocycles. The molecular formula is C10H15N3O2S. The van der Waals surface area contributed by atoms with Crippen LogP contribution in [0.5, 0.6) is 0 Å². The third-order valence-electron chi connectivity index (χ3n) is 2.91. The van der Waals surface area contributed by atoms with Crippen molar-refractivity contribution in [3.05, 3.63) is 20.8 Å². The highest BCUT2D eigenvalue weighted by molar-refractivity contribution is 7.07. The highest BCUT2D eigenvalue weighted by Gasteiger charge is 2.27. The highest BCUT2D eigenvalue weighted by Crippen LogP contribution is 2.29. The van der Waals surface area contributed by atoms with Gasteiger partial charge in [-0.15, -0.1) is 0 Å². The number of carbonyl (C=O) groups is 1. The molecule has 1 aromatic rings. The third-order valence-corrected chi connectivity index (χ3v) is 4.07. The summed E-state index contributed by atoms with van der Waals surface area (Å²) in [7, 11) is 3.38. The molecule has 2 N–H and O–H groups in total. The van der Waals surface area contributed by atoms with Gasteiger partial charge in [0.2, 0.25) is 0 Å². The molecule has 0 unspecified atom stereocenters. The van der Waals surface area contributed by atoms with Crippen LogP contribution in [-0.2, 0) is 6.42 Å². The van der Waals surface area contributed by atoms with Crippen LogP contribution >= 0.6 is 11.5 Å². The Labute approximate surface area is 97.6 Å². The van der Waals surface area contributed by atoms with Gasteiger partial charge in [0.05, 0.1) is 5.56 Å². The molecule has 0 fully saturated rings. The normalized spacial score (nSPS) is 19.2. The molecular weight excluding hydrogens is 226 g/mol. The molecule has 1 aliphatic rings. The van der Waals surface area contributed by atoms with Crippen molar-refractivity contribution >= 4 is 17.6 Å². The van der Waals surface area contributed by atoms with E-state index >= 15 is 0 Å². The van der Waals surface area contributed by atoms with Crippen molar-refractivity contribution in [3.8, 4) is 0 Å². The number of aromatic nitrogens is 1. The van der Waals surface area contributed by atoms with Gasteiger partial charge in [0.15, 0.2) is 0 Å². The van der Waals surface area contributed by atoms with Crippen LogP contribution in [-0.4, -0.2) is 24.1 Å². The quantitative estimate of drug-likeness (QED) is 0.760. The van der Waals surface area contributed by atoms with E-state index in [1.165, 1.54) is 22.5 Å². The van der Waals surface area contributed by atoms with Gasteiger partial charge in [-0.05, 0) is 26.3 Å². The zero-order chi connectivity index (χ0) is 11.7. The summed E-state index contributed by atoms with van der Waals surface area (Å²) in [6.07, 6.45) is 2.92. The van der Waals surface area contributed by atoms with E-state index in [-0.39, 0.29) is 17.6 Å². The lowest BCUT2D eigenvalue weighted by molar-refractivity contribution is 0.245. The molecule has 6 heteroatoms. The van der Waals surface area contributed by atoms with Gasteiger partial charge < -0.3 is 10.6 Å². The zero-order valence-electron chi connectivity index (χ0n) is 9.37. The summed E-state index contributed by atoms with van der Waals surface area (Å²) in [5, 5.41) is 5.61. The molecule has 2 rings (SSSR count). The first-order valence-electron chi connectivity index (χ1n) is 5.33. The number of nitrogens with zero attached hydrogens (tertiary/aromatic N) is 1. The summed E-state index contributed by atoms with van der Waals surface area (Å²) in [5.41, 5.74) is 0.612. The Bertz CT molecular complexity index is 463. The van der Waals surface area contributed by atoms with Gasteiger partial charge >= 0.3 is 6.03 Å². The molecule has 5 nitrogen and oxygen atoms in total. The van der Waals surface area contributed by atoms with E-state index in [1.807, 2.05) is 7.05 Å². The number of fused-ring (bicyclic) bond motifs is 1. The molecule has 16 heavy (non-hydrogen) atoms. The number of hydrogen-bond donors (Lipinski definition) is 2. The van der Waals surface area contributed by atoms with Crippen LogP contribution in [0.15, 0.2) is 4.79 Å². The summed E-state index contributed by atoms with van der Waals surface area (Å²) in [4.78, 5) is 24.6. The molecule has 0 aromatic carbocycles. The van der Waals surface area contributed by atoms with Crippen molar-refractivity contribution in [1.82, 2.24) is 14.6 Å². The average Bonchev–Trinajstić information content (AvgIpc) is 2.66. The number of amides is 1. The number of rotatable bonds is 1. The second-order valence-electron chi connectivity index (χ2n) is 3.82. The smallest absolute Gasteiger partial charge is 0.337 e. The molecule has 0 saturated carbocycles. The van der Waals surface area contributed by atoms with Crippen LogP contribution in [0.1, 0.15) is 29.3 Å². The first kappa shape index (κ1) is 11.3. The monoisotopic (exact) mass is 241 g/mol. The van der Waals surface area contributed by atoms with Crippen LogP contribution in [0.3, 0.4) is 0 Å². The van der Waals surface area contributed by atoms with Crippen LogP contribution in [0, 0.1) is 0 Å². The van der Waals surface area contributed by atoms with Crippen LogP contribution in [0.4, 0.5) is 4.79 Å². The molecule has 1 atom stereocenters. The average molecular weight is 241 g/mol. The maximum absolute atomic E-state index is 12.1. The number of nitrogens with one attached hydrogen (secondary N) is 2. The predicted molar refractivity (Wildman–Crippen MR) is 63.2 cm³/mol. The standard InChI is InChI=1S/C10H15N3O2S/c1-11-6-4-3-5-7-8(6)9(14)13(16-7)10(15)12-2/h6,11H,3-5H2,1-2H3,(H,12,15)/t6-/m1/s1. The second kappa shape index (κ2) is 4.39. The van der Waals surface area contributed by atoms with Crippen LogP contribution in [0.25, 0.3) is 0 Å². The lowest BCUT2D eigenvalue weighted by Gasteiger charge is -2.19. The lowest BCUT2D eigenvalue weighted by atomic mass is 9.94. The van der Waals surface area contributed by atoms with Crippen molar-refractivity contribution in [1.29, 1.82) is 0 Å². The van der Waals surface area contributed by atoms with Gasteiger partial charge in [-0.3, -0.25) is 4.79 Å². The van der Waals surface area contributed by atoms with Gasteiger partial charge in [-0.1, -0.05) is 11.5 Å². The van der Waals surface area contributed by atoms with Crippen molar-refractivity contribution in [2.24, 2.45) is 0 Å². The molecule has 0 saturated heterocycles. The van der Waals surface area contributed by atoms with E-state index in [0.717, 1.165) is 29.7 Å². The van der Waals surface area contributed by atoms with E-state index < -0.39 is 0 Å². The fraction of sp³-hybridized carbons (Fsp3) is 0.600. The van der Waals surface area contributed by atoms with Gasteiger partial charge in [-0.2, -0.15) is 3.96 Å². The Morgan fingerprint density at radius 3 is 2.88 bits per heavy atom. The number of carbonyl (C=O) groups excluding carboxylic acids is 1. The Morgan fingerprint density at radius 1 is 1.50 bits per heavy atom. The summed E-state index contributed by atoms with van der Waals surface area (Å²) in [6, 6.07) is -0.252. The molecule has 0 spiro atoms. The SMILES string of the molecule is CNC(=O)n1sc2c(c1=O)[C@H](NC)CCC2. The predicted octanol–water partition coefficient (Wildman–Crippen LogP) is 0.694. The minimum atomic E-state index is -0.348. The largest absolute Gasteiger partial charge is 0.340 e. The summed E-state index contributed by atoms with van der Waals surface area (Å²) < 4.78 is 1.21. The second-order valence-corrected chi connectivity index (χ2v) is 4.86. The summed E-state index contributed by atoms with van der Waals surface area (Å²) in [6.45, 7) is 0. The van der Waals surface area contributed by atoms with Crippen molar-refractivity contribution in [3.63, 3.8) is 0 Å². The molecule has 1 amide bonds. The third kappa shape index (κ3) is 1.68. The topological polar surface area (TPSA) is 63.1 Å². The van der Waals surface area contributed by atoms with E-state index in [2.05, 4.69) is 10.6 Å². The molecule has 1 aromatic heterocycles. The zero-order valence-corrected chi connectivity index (χ0v) is 10.2. The maximum atomic E-state index is 12.1. The lowest BCUT2D eigenvalue weighted by Crippen LogP contribution is -2.33. The van der Waals surface area contributed by atoms with Gasteiger partial charge in [0.1, 0.15) is 0 Å². The van der Waals surface area contributed by atoms with Gasteiger partial charge in [0.25, 0.3) is 5.56 Å². The number of aryl methyl sites for hydroxylation is 1. The van der Waals surface area contributed by atoms with Crippen molar-refractivity contribution in [2.45, 2.75) is 25.3 Å². The Hall–Kier alpha value is -1.14. The van der Waals surface area contributed by atoms with E-state index in [1.54, 1.807) is 0 Å². The van der Waals surface area contributed by atoms with Crippen molar-refractivity contribution < 1.29 is 4.79 Å². The van der Waals surface area contributed by atoms with Crippen LogP contribution < -0.4 is 16.2 Å². The van der Waals surface area contributed by atoms with E-state index in [9.17, 15) is 9.59 Å². The fourth-order valence-corrected chi connectivity index (χ4v) is 3.23. The minimum absolute atomic E-state index is 0.0957. The Kier molecular flexibility index (Phi) is 3.11. The molecule has 0 radical (unpaired) electrons. The highest BCUT2D eigenvalue weighted by atomic mass is 32.1. The molecule has 88 valence electrons. The summed E-state index contributed by atoms with van der Waals surface area (Å²) in [5.74, 6) is 0. The first-order chi connectivity index (χ1) is 7.69. The van der Waals surface area contributed by atoms with Crippen molar-refractivity contribution in [2.75, 3.05) is 14.1 Å². The van der Waals surface area contributed by atoms with Gasteiger partial charge in [0, 0.05) is 18.0 Å². The summed E-state index contributed by atoms with van der Waals surface area (Å²) >= 11 is 1.27. The maximum Gasteiger partial charge on any atom is 0.337 e. The Morgan fingerprint density at radius 2 is 2.25 bits per heavy atom. The molecule has 1 heterocycles. The van der Waals surface area contributed by atoms with E-state index in [0.29, 0.717) is 0 Å². The molecule has 0 bridgehead atoms. The Balaban J connectivity index is 2.51.